The van der Waals surface area contributed by atoms with Crippen molar-refractivity contribution in [2.75, 3.05) is 18.1 Å². The molecule has 0 radical (unpaired) electrons. The molecule has 5 nitrogen and oxygen atoms in total. The number of nitrogens with zero attached hydrogens (tertiary/aromatic N) is 1. The van der Waals surface area contributed by atoms with Gasteiger partial charge in [-0.05, 0) is 38.5 Å². The van der Waals surface area contributed by atoms with E-state index in [-0.39, 0.29) is 11.8 Å². The zero-order chi connectivity index (χ0) is 18.8. The Labute approximate surface area is 154 Å². The van der Waals surface area contributed by atoms with E-state index in [1.54, 1.807) is 4.90 Å². The maximum absolute atomic E-state index is 12.9. The van der Waals surface area contributed by atoms with Gasteiger partial charge >= 0.3 is 0 Å². The second kappa shape index (κ2) is 7.20. The maximum atomic E-state index is 12.9. The van der Waals surface area contributed by atoms with Crippen LogP contribution < -0.4 is 15.0 Å². The second-order valence-electron chi connectivity index (χ2n) is 6.80. The Morgan fingerprint density at radius 2 is 1.81 bits per heavy atom. The molecular formula is C21H24N2O3. The highest BCUT2D eigenvalue weighted by atomic mass is 16.5. The molecule has 136 valence electrons. The number of carbonyl (C=O) groups is 2. The highest BCUT2D eigenvalue weighted by Crippen LogP contribution is 2.39. The number of nitrogens with one attached hydrogen (secondary N) is 1. The van der Waals surface area contributed by atoms with Crippen molar-refractivity contribution < 1.29 is 14.3 Å². The van der Waals surface area contributed by atoms with Gasteiger partial charge in [-0.25, -0.2) is 0 Å². The van der Waals surface area contributed by atoms with E-state index in [0.717, 1.165) is 28.1 Å². The number of fused-ring (bicyclic) bond motifs is 1. The summed E-state index contributed by atoms with van der Waals surface area (Å²) in [6.45, 7) is 8.25. The van der Waals surface area contributed by atoms with Gasteiger partial charge in [-0.15, -0.1) is 0 Å². The quantitative estimate of drug-likeness (QED) is 0.899. The molecule has 1 aliphatic rings. The fraction of sp³-hybridized carbons (Fsp3) is 0.333. The molecule has 0 aliphatic carbocycles. The van der Waals surface area contributed by atoms with E-state index < -0.39 is 6.04 Å². The van der Waals surface area contributed by atoms with Gasteiger partial charge in [-0.3, -0.25) is 9.59 Å². The summed E-state index contributed by atoms with van der Waals surface area (Å²) in [5.41, 5.74) is 5.01. The molecule has 1 atom stereocenters. The van der Waals surface area contributed by atoms with Crippen molar-refractivity contribution in [3.05, 3.63) is 58.7 Å². The Hall–Kier alpha value is -2.82. The van der Waals surface area contributed by atoms with Gasteiger partial charge in [-0.2, -0.15) is 0 Å². The number of ether oxygens (including phenoxy) is 1. The van der Waals surface area contributed by atoms with Gasteiger partial charge in [0.15, 0.2) is 0 Å². The first-order chi connectivity index (χ1) is 12.4. The smallest absolute Gasteiger partial charge is 0.254 e. The molecule has 0 saturated carbocycles. The van der Waals surface area contributed by atoms with Gasteiger partial charge in [0, 0.05) is 12.5 Å². The van der Waals surface area contributed by atoms with Crippen LogP contribution in [0.5, 0.6) is 5.75 Å². The van der Waals surface area contributed by atoms with Gasteiger partial charge in [0.2, 0.25) is 5.91 Å². The minimum Gasteiger partial charge on any atom is -0.492 e. The van der Waals surface area contributed by atoms with Crippen LogP contribution in [0.4, 0.5) is 5.69 Å². The van der Waals surface area contributed by atoms with Crippen LogP contribution in [0.25, 0.3) is 0 Å². The Morgan fingerprint density at radius 3 is 2.46 bits per heavy atom. The number of benzene rings is 2. The fourth-order valence-corrected chi connectivity index (χ4v) is 3.43. The normalized spacial score (nSPS) is 15.8. The number of hydrogen-bond acceptors (Lipinski definition) is 3. The van der Waals surface area contributed by atoms with Crippen molar-refractivity contribution in [3.63, 3.8) is 0 Å². The van der Waals surface area contributed by atoms with E-state index >= 15 is 0 Å². The predicted octanol–water partition coefficient (Wildman–Crippen LogP) is 3.21. The van der Waals surface area contributed by atoms with Gasteiger partial charge < -0.3 is 15.0 Å². The number of anilines is 1. The van der Waals surface area contributed by atoms with E-state index in [2.05, 4.69) is 11.4 Å². The molecule has 1 N–H and O–H groups in total. The van der Waals surface area contributed by atoms with Crippen LogP contribution in [0.2, 0.25) is 0 Å². The van der Waals surface area contributed by atoms with Crippen molar-refractivity contribution >= 4 is 17.5 Å². The molecule has 0 fully saturated rings. The van der Waals surface area contributed by atoms with E-state index in [9.17, 15) is 9.59 Å². The van der Waals surface area contributed by atoms with Crippen molar-refractivity contribution in [1.82, 2.24) is 5.32 Å². The number of hydrogen-bond donors (Lipinski definition) is 1. The lowest BCUT2D eigenvalue weighted by Crippen LogP contribution is -2.38. The van der Waals surface area contributed by atoms with E-state index in [1.807, 2.05) is 51.1 Å². The molecule has 0 bridgehead atoms. The summed E-state index contributed by atoms with van der Waals surface area (Å²) in [6.07, 6.45) is 0. The molecule has 3 rings (SSSR count). The molecule has 0 saturated heterocycles. The molecule has 0 spiro atoms. The largest absolute Gasteiger partial charge is 0.492 e. The predicted molar refractivity (Wildman–Crippen MR) is 102 cm³/mol. The topological polar surface area (TPSA) is 58.6 Å². The summed E-state index contributed by atoms with van der Waals surface area (Å²) < 4.78 is 5.78. The molecule has 0 unspecified atom stereocenters. The van der Waals surface area contributed by atoms with Crippen LogP contribution in [0.3, 0.4) is 0 Å². The first kappa shape index (κ1) is 18.0. The Kier molecular flexibility index (Phi) is 4.98. The molecule has 0 aromatic heterocycles. The average molecular weight is 352 g/mol. The van der Waals surface area contributed by atoms with Crippen molar-refractivity contribution in [2.45, 2.75) is 33.7 Å². The second-order valence-corrected chi connectivity index (χ2v) is 6.80. The third kappa shape index (κ3) is 3.57. The third-order valence-corrected chi connectivity index (χ3v) is 4.52. The Morgan fingerprint density at radius 1 is 1.12 bits per heavy atom. The summed E-state index contributed by atoms with van der Waals surface area (Å²) in [4.78, 5) is 26.2. The SMILES string of the molecule is CC(=O)N[C@@H]1C(=O)N(CCOc2ccc(C)cc2)c2c(C)cc(C)cc21. The first-order valence-corrected chi connectivity index (χ1v) is 8.76. The van der Waals surface area contributed by atoms with Crippen LogP contribution in [-0.2, 0) is 9.59 Å². The van der Waals surface area contributed by atoms with E-state index in [0.29, 0.717) is 13.2 Å². The van der Waals surface area contributed by atoms with Crippen LogP contribution in [0.1, 0.15) is 35.2 Å². The Bertz CT molecular complexity index is 843. The first-order valence-electron chi connectivity index (χ1n) is 8.76. The molecule has 1 heterocycles. The zero-order valence-electron chi connectivity index (χ0n) is 15.6. The fourth-order valence-electron chi connectivity index (χ4n) is 3.43. The van der Waals surface area contributed by atoms with Crippen LogP contribution in [0.15, 0.2) is 36.4 Å². The van der Waals surface area contributed by atoms with Crippen LogP contribution >= 0.6 is 0 Å². The number of amides is 2. The molecular weight excluding hydrogens is 328 g/mol. The summed E-state index contributed by atoms with van der Waals surface area (Å²) in [6, 6.07) is 11.2. The van der Waals surface area contributed by atoms with Crippen molar-refractivity contribution in [2.24, 2.45) is 0 Å². The minimum absolute atomic E-state index is 0.114. The zero-order valence-corrected chi connectivity index (χ0v) is 15.6. The lowest BCUT2D eigenvalue weighted by atomic mass is 10.0. The molecule has 2 amide bonds. The van der Waals surface area contributed by atoms with Crippen LogP contribution in [-0.4, -0.2) is 25.0 Å². The standard InChI is InChI=1S/C21H24N2O3/c1-13-5-7-17(8-6-13)26-10-9-23-20-15(3)11-14(2)12-18(20)19(21(23)25)22-16(4)24/h5-8,11-12,19H,9-10H2,1-4H3,(H,22,24)/t19-/m0/s1. The number of carbonyl (C=O) groups excluding carboxylic acids is 2. The lowest BCUT2D eigenvalue weighted by Gasteiger charge is -2.20. The molecule has 2 aromatic rings. The highest BCUT2D eigenvalue weighted by Gasteiger charge is 2.38. The third-order valence-electron chi connectivity index (χ3n) is 4.52. The average Bonchev–Trinajstić information content (AvgIpc) is 2.82. The lowest BCUT2D eigenvalue weighted by molar-refractivity contribution is -0.126. The molecule has 2 aromatic carbocycles. The molecule has 1 aliphatic heterocycles. The summed E-state index contributed by atoms with van der Waals surface area (Å²) in [5.74, 6) is 0.448. The maximum Gasteiger partial charge on any atom is 0.254 e. The summed E-state index contributed by atoms with van der Waals surface area (Å²) >= 11 is 0. The number of rotatable bonds is 5. The minimum atomic E-state index is -0.625. The molecule has 5 heteroatoms. The van der Waals surface area contributed by atoms with Gasteiger partial charge in [-0.1, -0.05) is 35.4 Å². The monoisotopic (exact) mass is 352 g/mol. The number of aryl methyl sites for hydroxylation is 3. The highest BCUT2D eigenvalue weighted by molar-refractivity contribution is 6.07. The van der Waals surface area contributed by atoms with Crippen molar-refractivity contribution in [1.29, 1.82) is 0 Å². The Balaban J connectivity index is 1.80. The van der Waals surface area contributed by atoms with E-state index in [1.165, 1.54) is 12.5 Å². The summed E-state index contributed by atoms with van der Waals surface area (Å²) in [5, 5.41) is 2.78. The molecule has 26 heavy (non-hydrogen) atoms. The van der Waals surface area contributed by atoms with E-state index in [4.69, 9.17) is 4.74 Å². The van der Waals surface area contributed by atoms with Gasteiger partial charge in [0.1, 0.15) is 18.4 Å². The van der Waals surface area contributed by atoms with Gasteiger partial charge in [0.05, 0.1) is 12.2 Å². The van der Waals surface area contributed by atoms with Crippen LogP contribution in [0, 0.1) is 20.8 Å². The van der Waals surface area contributed by atoms with Crippen molar-refractivity contribution in [3.8, 4) is 5.75 Å². The summed E-state index contributed by atoms with van der Waals surface area (Å²) in [7, 11) is 0. The van der Waals surface area contributed by atoms with Gasteiger partial charge in [0.25, 0.3) is 5.91 Å².